The molecule has 0 amide bonds. The lowest BCUT2D eigenvalue weighted by atomic mass is 9.97. The van der Waals surface area contributed by atoms with Crippen LogP contribution in [0.5, 0.6) is 0 Å². The maximum atomic E-state index is 4.13. The van der Waals surface area contributed by atoms with E-state index in [4.69, 9.17) is 0 Å². The largest absolute Gasteiger partial charge is 0.311 e. The van der Waals surface area contributed by atoms with Crippen LogP contribution in [-0.4, -0.2) is 12.1 Å². The van der Waals surface area contributed by atoms with Crippen LogP contribution in [0.25, 0.3) is 0 Å². The van der Waals surface area contributed by atoms with Gasteiger partial charge in [0.2, 0.25) is 0 Å². The number of hydrogen-bond donors (Lipinski definition) is 1. The second-order valence-electron chi connectivity index (χ2n) is 8.37. The molecule has 0 atom stereocenters. The Hall–Kier alpha value is -0.0400. The predicted octanol–water partition coefficient (Wildman–Crippen LogP) is 7.14. The molecule has 2 aliphatic carbocycles. The van der Waals surface area contributed by atoms with Gasteiger partial charge in [0.1, 0.15) is 0 Å². The van der Waals surface area contributed by atoms with Crippen molar-refractivity contribution in [3.63, 3.8) is 0 Å². The summed E-state index contributed by atoms with van der Waals surface area (Å²) in [6.45, 7) is 0. The molecule has 0 saturated heterocycles. The average molecular weight is 322 g/mol. The summed E-state index contributed by atoms with van der Waals surface area (Å²) >= 11 is 0. The molecule has 0 aromatic carbocycles. The van der Waals surface area contributed by atoms with Crippen LogP contribution in [0.3, 0.4) is 0 Å². The average Bonchev–Trinajstić information content (AvgIpc) is 2.66. The molecule has 0 radical (unpaired) electrons. The Morgan fingerprint density at radius 1 is 0.304 bits per heavy atom. The van der Waals surface area contributed by atoms with E-state index in [1.165, 1.54) is 128 Å². The van der Waals surface area contributed by atoms with E-state index in [0.29, 0.717) is 0 Å². The van der Waals surface area contributed by atoms with Crippen LogP contribution in [0, 0.1) is 0 Å². The molecule has 0 aromatic rings. The Morgan fingerprint density at radius 2 is 0.522 bits per heavy atom. The summed E-state index contributed by atoms with van der Waals surface area (Å²) in [5.74, 6) is 0. The molecule has 0 unspecified atom stereocenters. The molecule has 136 valence electrons. The highest BCUT2D eigenvalue weighted by atomic mass is 14.9. The molecule has 0 heterocycles. The van der Waals surface area contributed by atoms with Gasteiger partial charge in [0.15, 0.2) is 0 Å². The highest BCUT2D eigenvalue weighted by molar-refractivity contribution is 4.76. The summed E-state index contributed by atoms with van der Waals surface area (Å²) in [6, 6.07) is 1.64. The van der Waals surface area contributed by atoms with Gasteiger partial charge in [-0.1, -0.05) is 103 Å². The van der Waals surface area contributed by atoms with Gasteiger partial charge in [0.25, 0.3) is 0 Å². The van der Waals surface area contributed by atoms with Crippen LogP contribution in [0.4, 0.5) is 0 Å². The first kappa shape index (κ1) is 19.3. The highest BCUT2D eigenvalue weighted by Crippen LogP contribution is 2.21. The maximum absolute atomic E-state index is 4.13. The summed E-state index contributed by atoms with van der Waals surface area (Å²) in [5.41, 5.74) is 0. The van der Waals surface area contributed by atoms with E-state index in [2.05, 4.69) is 5.32 Å². The van der Waals surface area contributed by atoms with Gasteiger partial charge < -0.3 is 5.32 Å². The van der Waals surface area contributed by atoms with Crippen molar-refractivity contribution in [1.29, 1.82) is 0 Å². The minimum Gasteiger partial charge on any atom is -0.311 e. The summed E-state index contributed by atoms with van der Waals surface area (Å²) in [5, 5.41) is 4.13. The molecule has 2 rings (SSSR count). The molecule has 23 heavy (non-hydrogen) atoms. The van der Waals surface area contributed by atoms with Gasteiger partial charge in [0, 0.05) is 12.1 Å². The third kappa shape index (κ3) is 9.75. The van der Waals surface area contributed by atoms with Crippen molar-refractivity contribution in [3.8, 4) is 0 Å². The van der Waals surface area contributed by atoms with Crippen LogP contribution in [0.2, 0.25) is 0 Å². The Morgan fingerprint density at radius 3 is 0.783 bits per heavy atom. The Labute approximate surface area is 146 Å². The van der Waals surface area contributed by atoms with Crippen LogP contribution in [0.15, 0.2) is 0 Å². The van der Waals surface area contributed by atoms with Crippen LogP contribution < -0.4 is 5.32 Å². The van der Waals surface area contributed by atoms with Gasteiger partial charge in [0.05, 0.1) is 0 Å². The van der Waals surface area contributed by atoms with Crippen LogP contribution >= 0.6 is 0 Å². The second-order valence-corrected chi connectivity index (χ2v) is 8.37. The molecular formula is C22H43N. The van der Waals surface area contributed by atoms with Crippen LogP contribution in [-0.2, 0) is 0 Å². The lowest BCUT2D eigenvalue weighted by molar-refractivity contribution is 0.335. The fourth-order valence-corrected chi connectivity index (χ4v) is 4.64. The first-order valence-electron chi connectivity index (χ1n) is 11.2. The fourth-order valence-electron chi connectivity index (χ4n) is 4.64. The van der Waals surface area contributed by atoms with Gasteiger partial charge in [-0.05, 0) is 25.7 Å². The van der Waals surface area contributed by atoms with Crippen LogP contribution in [0.1, 0.15) is 128 Å². The topological polar surface area (TPSA) is 12.0 Å². The third-order valence-corrected chi connectivity index (χ3v) is 6.18. The number of rotatable bonds is 2. The first-order chi connectivity index (χ1) is 11.4. The zero-order chi connectivity index (χ0) is 16.0. The minimum atomic E-state index is 0.822. The van der Waals surface area contributed by atoms with Crippen molar-refractivity contribution in [2.24, 2.45) is 0 Å². The van der Waals surface area contributed by atoms with E-state index in [1.807, 2.05) is 0 Å². The molecule has 2 saturated carbocycles. The monoisotopic (exact) mass is 321 g/mol. The van der Waals surface area contributed by atoms with E-state index in [-0.39, 0.29) is 0 Å². The summed E-state index contributed by atoms with van der Waals surface area (Å²) in [4.78, 5) is 0. The van der Waals surface area contributed by atoms with Crippen molar-refractivity contribution in [1.82, 2.24) is 5.32 Å². The standard InChI is InChI=1S/C22H43N/c1-2-6-10-14-18-21(17-13-9-5-1)23-22-19-15-11-7-3-4-8-12-16-20-22/h21-23H,1-20H2. The molecule has 2 fully saturated rings. The van der Waals surface area contributed by atoms with E-state index in [9.17, 15) is 0 Å². The minimum absolute atomic E-state index is 0.822. The molecule has 0 aliphatic heterocycles. The Balaban J connectivity index is 1.76. The predicted molar refractivity (Wildman–Crippen MR) is 103 cm³/mol. The second kappa shape index (κ2) is 13.3. The molecule has 2 aliphatic rings. The molecule has 0 spiro atoms. The van der Waals surface area contributed by atoms with Crippen molar-refractivity contribution in [2.45, 2.75) is 141 Å². The van der Waals surface area contributed by atoms with Gasteiger partial charge in [-0.25, -0.2) is 0 Å². The normalized spacial score (nSPS) is 26.1. The van der Waals surface area contributed by atoms with Crippen molar-refractivity contribution < 1.29 is 0 Å². The molecule has 1 N–H and O–H groups in total. The summed E-state index contributed by atoms with van der Waals surface area (Å²) in [6.07, 6.45) is 29.4. The first-order valence-corrected chi connectivity index (χ1v) is 11.2. The smallest absolute Gasteiger partial charge is 0.00696 e. The van der Waals surface area contributed by atoms with Gasteiger partial charge in [-0.2, -0.15) is 0 Å². The summed E-state index contributed by atoms with van der Waals surface area (Å²) < 4.78 is 0. The van der Waals surface area contributed by atoms with Crippen molar-refractivity contribution >= 4 is 0 Å². The van der Waals surface area contributed by atoms with Crippen molar-refractivity contribution in [2.75, 3.05) is 0 Å². The van der Waals surface area contributed by atoms with E-state index in [1.54, 1.807) is 0 Å². The molecule has 0 bridgehead atoms. The van der Waals surface area contributed by atoms with Crippen molar-refractivity contribution in [3.05, 3.63) is 0 Å². The number of nitrogens with one attached hydrogen (secondary N) is 1. The highest BCUT2D eigenvalue weighted by Gasteiger charge is 2.16. The molecular weight excluding hydrogens is 278 g/mol. The Bertz CT molecular complexity index is 213. The van der Waals surface area contributed by atoms with Gasteiger partial charge >= 0.3 is 0 Å². The fraction of sp³-hybridized carbons (Fsp3) is 1.00. The quantitative estimate of drug-likeness (QED) is 0.569. The van der Waals surface area contributed by atoms with E-state index in [0.717, 1.165) is 12.1 Å². The maximum Gasteiger partial charge on any atom is 0.00696 e. The van der Waals surface area contributed by atoms with Gasteiger partial charge in [-0.15, -0.1) is 0 Å². The number of hydrogen-bond acceptors (Lipinski definition) is 1. The van der Waals surface area contributed by atoms with E-state index >= 15 is 0 Å². The SMILES string of the molecule is C1CCCCCC(NC2CCCCCCCCCC2)CCCC1. The molecule has 0 aromatic heterocycles. The Kier molecular flexibility index (Phi) is 11.1. The zero-order valence-corrected chi connectivity index (χ0v) is 15.8. The lowest BCUT2D eigenvalue weighted by Crippen LogP contribution is -2.38. The molecule has 1 heteroatoms. The van der Waals surface area contributed by atoms with E-state index < -0.39 is 0 Å². The third-order valence-electron chi connectivity index (χ3n) is 6.18. The van der Waals surface area contributed by atoms with Gasteiger partial charge in [-0.3, -0.25) is 0 Å². The zero-order valence-electron chi connectivity index (χ0n) is 15.8. The summed E-state index contributed by atoms with van der Waals surface area (Å²) in [7, 11) is 0. The lowest BCUT2D eigenvalue weighted by Gasteiger charge is -2.26. The molecule has 1 nitrogen and oxygen atoms in total.